The van der Waals surface area contributed by atoms with Crippen LogP contribution in [0.3, 0.4) is 0 Å². The van der Waals surface area contributed by atoms with Crippen LogP contribution in [0.25, 0.3) is 0 Å². The smallest absolute Gasteiger partial charge is 0.289 e. The van der Waals surface area contributed by atoms with Gasteiger partial charge >= 0.3 is 0 Å². The van der Waals surface area contributed by atoms with Crippen LogP contribution in [-0.4, -0.2) is 39.4 Å². The highest BCUT2D eigenvalue weighted by Crippen LogP contribution is 2.24. The summed E-state index contributed by atoms with van der Waals surface area (Å²) in [6, 6.07) is 3.35. The predicted octanol–water partition coefficient (Wildman–Crippen LogP) is 3.23. The summed E-state index contributed by atoms with van der Waals surface area (Å²) < 4.78 is 29.5. The van der Waals surface area contributed by atoms with Crippen LogP contribution < -0.4 is 5.32 Å². The van der Waals surface area contributed by atoms with Crippen molar-refractivity contribution in [2.24, 2.45) is 0 Å². The molecule has 6 nitrogen and oxygen atoms in total. The maximum atomic E-state index is 13.9. The molecule has 2 amide bonds. The van der Waals surface area contributed by atoms with Crippen molar-refractivity contribution in [3.63, 3.8) is 0 Å². The third-order valence-electron chi connectivity index (χ3n) is 4.78. The molecular weight excluding hydrogens is 354 g/mol. The van der Waals surface area contributed by atoms with Gasteiger partial charge in [0.25, 0.3) is 11.8 Å². The van der Waals surface area contributed by atoms with E-state index >= 15 is 0 Å². The molecule has 0 bridgehead atoms. The highest BCUT2D eigenvalue weighted by molar-refractivity contribution is 6.05. The molecule has 1 aromatic carbocycles. The number of amides is 2. The molecule has 0 aliphatic carbocycles. The number of para-hydroxylation sites is 1. The first-order valence-electron chi connectivity index (χ1n) is 9.11. The number of rotatable bonds is 5. The molecular formula is C19H22F2N4O2. The van der Waals surface area contributed by atoms with E-state index in [1.807, 2.05) is 13.8 Å². The van der Waals surface area contributed by atoms with Crippen LogP contribution in [-0.2, 0) is 13.0 Å². The normalized spacial score (nSPS) is 13.2. The van der Waals surface area contributed by atoms with Crippen molar-refractivity contribution in [2.45, 2.75) is 39.7 Å². The fourth-order valence-electron chi connectivity index (χ4n) is 3.33. The molecule has 144 valence electrons. The van der Waals surface area contributed by atoms with Gasteiger partial charge in [0.2, 0.25) is 0 Å². The van der Waals surface area contributed by atoms with Gasteiger partial charge in [-0.15, -0.1) is 0 Å². The molecule has 1 aliphatic rings. The second-order valence-electron chi connectivity index (χ2n) is 6.37. The molecule has 0 unspecified atom stereocenters. The van der Waals surface area contributed by atoms with Crippen LogP contribution in [0.15, 0.2) is 18.2 Å². The van der Waals surface area contributed by atoms with Gasteiger partial charge in [0, 0.05) is 19.6 Å². The Labute approximate surface area is 156 Å². The minimum atomic E-state index is -0.865. The number of imidazole rings is 1. The number of benzene rings is 1. The molecule has 0 spiro atoms. The van der Waals surface area contributed by atoms with E-state index in [-0.39, 0.29) is 17.4 Å². The maximum absolute atomic E-state index is 13.9. The summed E-state index contributed by atoms with van der Waals surface area (Å²) in [7, 11) is 0. The lowest BCUT2D eigenvalue weighted by Crippen LogP contribution is -2.33. The second-order valence-corrected chi connectivity index (χ2v) is 6.37. The van der Waals surface area contributed by atoms with E-state index in [1.165, 1.54) is 6.07 Å². The van der Waals surface area contributed by atoms with Crippen LogP contribution in [0.2, 0.25) is 0 Å². The van der Waals surface area contributed by atoms with E-state index in [0.717, 1.165) is 25.0 Å². The number of nitrogens with one attached hydrogen (secondary N) is 1. The van der Waals surface area contributed by atoms with Crippen LogP contribution in [0.1, 0.15) is 53.5 Å². The Hall–Kier alpha value is -2.77. The highest BCUT2D eigenvalue weighted by atomic mass is 19.1. The molecule has 0 saturated carbocycles. The number of fused-ring (bicyclic) bond motifs is 1. The average molecular weight is 376 g/mol. The Morgan fingerprint density at radius 1 is 1.19 bits per heavy atom. The quantitative estimate of drug-likeness (QED) is 0.871. The molecule has 3 rings (SSSR count). The summed E-state index contributed by atoms with van der Waals surface area (Å²) in [6.07, 6.45) is 2.32. The lowest BCUT2D eigenvalue weighted by molar-refractivity contribution is 0.0754. The van der Waals surface area contributed by atoms with Crippen molar-refractivity contribution in [1.29, 1.82) is 0 Å². The molecule has 0 radical (unpaired) electrons. The molecule has 0 atom stereocenters. The number of halogens is 2. The zero-order valence-corrected chi connectivity index (χ0v) is 15.4. The molecule has 2 aromatic rings. The lowest BCUT2D eigenvalue weighted by Gasteiger charge is -2.21. The molecule has 8 heteroatoms. The summed E-state index contributed by atoms with van der Waals surface area (Å²) in [5.41, 5.74) is 0.163. The number of carbonyl (C=O) groups excluding carboxylic acids is 2. The standard InChI is InChI=1S/C19H22F2N4O2/c1-3-24(4-2)19(27)17-22-16(14-10-5-6-11-25(14)17)18(26)23-15-12(20)8-7-9-13(15)21/h7-9H,3-6,10-11H2,1-2H3,(H,23,26). The number of carbonyl (C=O) groups is 2. The third-order valence-corrected chi connectivity index (χ3v) is 4.78. The van der Waals surface area contributed by atoms with Gasteiger partial charge in [0.15, 0.2) is 11.5 Å². The highest BCUT2D eigenvalue weighted by Gasteiger charge is 2.29. The van der Waals surface area contributed by atoms with Gasteiger partial charge in [-0.1, -0.05) is 6.07 Å². The number of hydrogen-bond donors (Lipinski definition) is 1. The Kier molecular flexibility index (Phi) is 5.53. The van der Waals surface area contributed by atoms with E-state index in [4.69, 9.17) is 0 Å². The number of hydrogen-bond acceptors (Lipinski definition) is 3. The van der Waals surface area contributed by atoms with Gasteiger partial charge in [-0.3, -0.25) is 9.59 Å². The van der Waals surface area contributed by atoms with Crippen LogP contribution in [0.5, 0.6) is 0 Å². The van der Waals surface area contributed by atoms with Crippen molar-refractivity contribution in [2.75, 3.05) is 18.4 Å². The monoisotopic (exact) mass is 376 g/mol. The van der Waals surface area contributed by atoms with Gasteiger partial charge in [-0.05, 0) is 45.2 Å². The largest absolute Gasteiger partial charge is 0.337 e. The molecule has 2 heterocycles. The first-order chi connectivity index (χ1) is 13.0. The van der Waals surface area contributed by atoms with Crippen molar-refractivity contribution < 1.29 is 18.4 Å². The van der Waals surface area contributed by atoms with Crippen molar-refractivity contribution >= 4 is 17.5 Å². The summed E-state index contributed by atoms with van der Waals surface area (Å²) in [4.78, 5) is 31.4. The molecule has 1 N–H and O–H groups in total. The molecule has 1 aromatic heterocycles. The van der Waals surface area contributed by atoms with Gasteiger partial charge in [0.1, 0.15) is 17.3 Å². The minimum Gasteiger partial charge on any atom is -0.337 e. The summed E-state index contributed by atoms with van der Waals surface area (Å²) in [5.74, 6) is -2.50. The molecule has 0 fully saturated rings. The molecule has 27 heavy (non-hydrogen) atoms. The summed E-state index contributed by atoms with van der Waals surface area (Å²) >= 11 is 0. The third kappa shape index (κ3) is 3.56. The fraction of sp³-hybridized carbons (Fsp3) is 0.421. The Bertz CT molecular complexity index is 855. The second kappa shape index (κ2) is 7.85. The van der Waals surface area contributed by atoms with Gasteiger partial charge in [-0.25, -0.2) is 13.8 Å². The van der Waals surface area contributed by atoms with Gasteiger partial charge < -0.3 is 14.8 Å². The topological polar surface area (TPSA) is 67.2 Å². The fourth-order valence-corrected chi connectivity index (χ4v) is 3.33. The maximum Gasteiger partial charge on any atom is 0.289 e. The first-order valence-corrected chi connectivity index (χ1v) is 9.11. The zero-order chi connectivity index (χ0) is 19.6. The number of nitrogens with zero attached hydrogens (tertiary/aromatic N) is 3. The molecule has 0 saturated heterocycles. The lowest BCUT2D eigenvalue weighted by atomic mass is 10.1. The average Bonchev–Trinajstić information content (AvgIpc) is 3.05. The Morgan fingerprint density at radius 3 is 2.48 bits per heavy atom. The van der Waals surface area contributed by atoms with E-state index in [1.54, 1.807) is 9.47 Å². The Morgan fingerprint density at radius 2 is 1.85 bits per heavy atom. The Balaban J connectivity index is 1.98. The van der Waals surface area contributed by atoms with E-state index in [9.17, 15) is 18.4 Å². The predicted molar refractivity (Wildman–Crippen MR) is 96.7 cm³/mol. The first kappa shape index (κ1) is 19.0. The van der Waals surface area contributed by atoms with Crippen molar-refractivity contribution in [3.8, 4) is 0 Å². The summed E-state index contributed by atoms with van der Waals surface area (Å²) in [6.45, 7) is 5.39. The number of aromatic nitrogens is 2. The van der Waals surface area contributed by atoms with Crippen LogP contribution in [0, 0.1) is 11.6 Å². The van der Waals surface area contributed by atoms with Crippen LogP contribution in [0.4, 0.5) is 14.5 Å². The van der Waals surface area contributed by atoms with E-state index in [2.05, 4.69) is 10.3 Å². The van der Waals surface area contributed by atoms with Crippen molar-refractivity contribution in [1.82, 2.24) is 14.5 Å². The van der Waals surface area contributed by atoms with Crippen LogP contribution >= 0.6 is 0 Å². The van der Waals surface area contributed by atoms with Gasteiger partial charge in [-0.2, -0.15) is 0 Å². The SMILES string of the molecule is CCN(CC)C(=O)c1nc(C(=O)Nc2c(F)cccc2F)c2n1CCCC2. The number of anilines is 1. The van der Waals surface area contributed by atoms with Crippen molar-refractivity contribution in [3.05, 3.63) is 47.0 Å². The van der Waals surface area contributed by atoms with E-state index in [0.29, 0.717) is 31.7 Å². The zero-order valence-electron chi connectivity index (χ0n) is 15.4. The van der Waals surface area contributed by atoms with E-state index < -0.39 is 23.2 Å². The minimum absolute atomic E-state index is 0.0489. The summed E-state index contributed by atoms with van der Waals surface area (Å²) in [5, 5.41) is 2.26. The van der Waals surface area contributed by atoms with Gasteiger partial charge in [0.05, 0.1) is 5.69 Å². The molecule has 1 aliphatic heterocycles.